The zero-order valence-electron chi connectivity index (χ0n) is 12.4. The number of benzene rings is 2. The van der Waals surface area contributed by atoms with Crippen molar-refractivity contribution in [1.29, 1.82) is 0 Å². The third kappa shape index (κ3) is 4.49. The summed E-state index contributed by atoms with van der Waals surface area (Å²) >= 11 is 0. The van der Waals surface area contributed by atoms with Crippen molar-refractivity contribution in [2.75, 3.05) is 13.7 Å². The van der Waals surface area contributed by atoms with Gasteiger partial charge in [-0.15, -0.1) is 0 Å². The van der Waals surface area contributed by atoms with E-state index in [0.717, 1.165) is 42.0 Å². The van der Waals surface area contributed by atoms with Gasteiger partial charge < -0.3 is 10.1 Å². The molecule has 0 amide bonds. The lowest BCUT2D eigenvalue weighted by Gasteiger charge is -2.08. The highest BCUT2D eigenvalue weighted by Gasteiger charge is 2.29. The summed E-state index contributed by atoms with van der Waals surface area (Å²) in [5.41, 5.74) is 1.41. The van der Waals surface area contributed by atoms with E-state index in [0.29, 0.717) is 6.54 Å². The minimum atomic E-state index is -4.27. The third-order valence-electron chi connectivity index (χ3n) is 3.47. The van der Waals surface area contributed by atoms with Gasteiger partial charge in [0.1, 0.15) is 12.3 Å². The molecule has 0 aliphatic heterocycles. The smallest absolute Gasteiger partial charge is 0.416 e. The zero-order valence-corrected chi connectivity index (χ0v) is 12.4. The molecule has 118 valence electrons. The Bertz CT molecular complexity index is 594. The van der Waals surface area contributed by atoms with Crippen molar-refractivity contribution >= 4 is 0 Å². The molecule has 2 aromatic carbocycles. The summed E-state index contributed by atoms with van der Waals surface area (Å²) in [4.78, 5) is 0. The van der Waals surface area contributed by atoms with E-state index in [1.54, 1.807) is 7.11 Å². The van der Waals surface area contributed by atoms with Crippen LogP contribution in [0.3, 0.4) is 0 Å². The van der Waals surface area contributed by atoms with Gasteiger partial charge in [0, 0.05) is 12.0 Å². The number of para-hydroxylation sites is 1. The molecule has 0 radical (unpaired) electrons. The Hall–Kier alpha value is -2.01. The summed E-state index contributed by atoms with van der Waals surface area (Å²) in [7, 11) is 1.64. The maximum absolute atomic E-state index is 12.5. The van der Waals surface area contributed by atoms with E-state index in [4.69, 9.17) is 4.74 Å². The normalized spacial score (nSPS) is 11.5. The van der Waals surface area contributed by atoms with Crippen LogP contribution in [0.2, 0.25) is 0 Å². The van der Waals surface area contributed by atoms with Crippen LogP contribution in [-0.2, 0) is 19.1 Å². The first-order valence-electron chi connectivity index (χ1n) is 7.10. The maximum Gasteiger partial charge on any atom is 0.416 e. The fourth-order valence-electron chi connectivity index (χ4n) is 2.27. The fourth-order valence-corrected chi connectivity index (χ4v) is 2.27. The lowest BCUT2D eigenvalue weighted by atomic mass is 10.1. The van der Waals surface area contributed by atoms with Crippen molar-refractivity contribution in [2.45, 2.75) is 19.1 Å². The maximum atomic E-state index is 12.5. The predicted octanol–water partition coefficient (Wildman–Crippen LogP) is 3.02. The van der Waals surface area contributed by atoms with E-state index in [1.165, 1.54) is 12.1 Å². The average molecular weight is 310 g/mol. The topological polar surface area (TPSA) is 25.8 Å². The molecule has 2 rings (SSSR count). The lowest BCUT2D eigenvalue weighted by Crippen LogP contribution is -2.83. The molecule has 0 aliphatic carbocycles. The second-order valence-electron chi connectivity index (χ2n) is 5.04. The predicted molar refractivity (Wildman–Crippen MR) is 78.6 cm³/mol. The molecule has 0 atom stereocenters. The lowest BCUT2D eigenvalue weighted by molar-refractivity contribution is -0.670. The van der Waals surface area contributed by atoms with E-state index in [1.807, 2.05) is 24.3 Å². The quantitative estimate of drug-likeness (QED) is 0.816. The zero-order chi connectivity index (χ0) is 16.0. The summed E-state index contributed by atoms with van der Waals surface area (Å²) < 4.78 is 42.7. The van der Waals surface area contributed by atoms with Crippen LogP contribution in [0.1, 0.15) is 16.7 Å². The highest BCUT2D eigenvalue weighted by atomic mass is 19.4. The molecule has 0 aromatic heterocycles. The van der Waals surface area contributed by atoms with Gasteiger partial charge in [0.15, 0.2) is 0 Å². The number of halogens is 3. The summed E-state index contributed by atoms with van der Waals surface area (Å²) in [6, 6.07) is 13.1. The second kappa shape index (κ2) is 7.31. The molecule has 0 unspecified atom stereocenters. The minimum Gasteiger partial charge on any atom is -0.496 e. The number of rotatable bonds is 6. The van der Waals surface area contributed by atoms with Gasteiger partial charge in [0.05, 0.1) is 19.2 Å². The Labute approximate surface area is 127 Å². The second-order valence-corrected chi connectivity index (χ2v) is 5.04. The van der Waals surface area contributed by atoms with Crippen molar-refractivity contribution in [3.8, 4) is 5.75 Å². The molecular formula is C17H19F3NO+. The Kier molecular flexibility index (Phi) is 5.44. The number of hydrogen-bond acceptors (Lipinski definition) is 1. The van der Waals surface area contributed by atoms with Gasteiger partial charge in [0.25, 0.3) is 0 Å². The molecule has 22 heavy (non-hydrogen) atoms. The first kappa shape index (κ1) is 16.4. The number of hydrogen-bond donors (Lipinski definition) is 1. The Balaban J connectivity index is 1.82. The van der Waals surface area contributed by atoms with Gasteiger partial charge in [0.2, 0.25) is 0 Å². The van der Waals surface area contributed by atoms with Gasteiger partial charge in [-0.1, -0.05) is 30.3 Å². The molecule has 2 N–H and O–H groups in total. The molecule has 0 saturated heterocycles. The van der Waals surface area contributed by atoms with Crippen LogP contribution in [0, 0.1) is 0 Å². The van der Waals surface area contributed by atoms with E-state index in [2.05, 4.69) is 5.32 Å². The molecular weight excluding hydrogens is 291 g/mol. The van der Waals surface area contributed by atoms with Crippen molar-refractivity contribution in [1.82, 2.24) is 0 Å². The number of quaternary nitrogens is 1. The van der Waals surface area contributed by atoms with Crippen molar-refractivity contribution in [3.05, 3.63) is 65.2 Å². The summed E-state index contributed by atoms with van der Waals surface area (Å²) in [6.07, 6.45) is -3.42. The first-order valence-corrected chi connectivity index (χ1v) is 7.10. The van der Waals surface area contributed by atoms with Gasteiger partial charge in [-0.3, -0.25) is 0 Å². The van der Waals surface area contributed by atoms with Crippen LogP contribution in [0.15, 0.2) is 48.5 Å². The first-order chi connectivity index (χ1) is 10.5. The van der Waals surface area contributed by atoms with Crippen LogP contribution in [0.4, 0.5) is 13.2 Å². The number of alkyl halides is 3. The van der Waals surface area contributed by atoms with Crippen LogP contribution in [0.5, 0.6) is 5.75 Å². The van der Waals surface area contributed by atoms with Crippen molar-refractivity contribution in [2.24, 2.45) is 0 Å². The highest BCUT2D eigenvalue weighted by molar-refractivity contribution is 5.33. The molecule has 5 heteroatoms. The largest absolute Gasteiger partial charge is 0.496 e. The minimum absolute atomic E-state index is 0.606. The van der Waals surface area contributed by atoms with Gasteiger partial charge in [-0.2, -0.15) is 13.2 Å². The third-order valence-corrected chi connectivity index (χ3v) is 3.47. The Morgan fingerprint density at radius 1 is 1.00 bits per heavy atom. The monoisotopic (exact) mass is 310 g/mol. The highest BCUT2D eigenvalue weighted by Crippen LogP contribution is 2.28. The summed E-state index contributed by atoms with van der Waals surface area (Å²) in [5, 5.41) is 2.08. The van der Waals surface area contributed by atoms with Crippen molar-refractivity contribution in [3.63, 3.8) is 0 Å². The number of nitrogens with two attached hydrogens (primary N) is 1. The number of ether oxygens (including phenoxy) is 1. The van der Waals surface area contributed by atoms with Gasteiger partial charge in [-0.25, -0.2) is 0 Å². The Morgan fingerprint density at radius 3 is 2.32 bits per heavy atom. The van der Waals surface area contributed by atoms with Crippen LogP contribution < -0.4 is 10.1 Å². The molecule has 0 heterocycles. The molecule has 0 aliphatic rings. The van der Waals surface area contributed by atoms with Crippen LogP contribution in [-0.4, -0.2) is 13.7 Å². The summed E-state index contributed by atoms with van der Waals surface area (Å²) in [6.45, 7) is 1.51. The SMILES string of the molecule is COc1ccccc1CC[NH2+]Cc1ccc(C(F)(F)F)cc1. The fraction of sp³-hybridized carbons (Fsp3) is 0.294. The van der Waals surface area contributed by atoms with Crippen LogP contribution in [0.25, 0.3) is 0 Å². The Morgan fingerprint density at radius 2 is 1.68 bits per heavy atom. The van der Waals surface area contributed by atoms with Crippen molar-refractivity contribution < 1.29 is 23.2 Å². The molecule has 0 spiro atoms. The molecule has 2 aromatic rings. The summed E-state index contributed by atoms with van der Waals surface area (Å²) in [5.74, 6) is 0.866. The van der Waals surface area contributed by atoms with Gasteiger partial charge in [-0.05, 0) is 23.8 Å². The molecule has 0 fully saturated rings. The molecule has 0 bridgehead atoms. The molecule has 2 nitrogen and oxygen atoms in total. The van der Waals surface area contributed by atoms with Gasteiger partial charge >= 0.3 is 6.18 Å². The average Bonchev–Trinajstić information content (AvgIpc) is 2.51. The van der Waals surface area contributed by atoms with E-state index >= 15 is 0 Å². The van der Waals surface area contributed by atoms with E-state index in [-0.39, 0.29) is 0 Å². The standard InChI is InChI=1S/C17H18F3NO/c1-22-16-5-3-2-4-14(16)10-11-21-12-13-6-8-15(9-7-13)17(18,19)20/h2-9,21H,10-12H2,1H3/p+1. The molecule has 0 saturated carbocycles. The van der Waals surface area contributed by atoms with E-state index < -0.39 is 11.7 Å². The van der Waals surface area contributed by atoms with E-state index in [9.17, 15) is 13.2 Å². The number of methoxy groups -OCH3 is 1. The van der Waals surface area contributed by atoms with Crippen LogP contribution >= 0.6 is 0 Å².